The molecule has 0 atom stereocenters. The number of nitrogens with zero attached hydrogens (tertiary/aromatic N) is 2. The van der Waals surface area contributed by atoms with Crippen molar-refractivity contribution in [2.24, 2.45) is 0 Å². The number of amides is 2. The van der Waals surface area contributed by atoms with E-state index in [1.54, 1.807) is 31.2 Å². The summed E-state index contributed by atoms with van der Waals surface area (Å²) in [6.07, 6.45) is 1.55. The van der Waals surface area contributed by atoms with Gasteiger partial charge in [0.25, 0.3) is 16.8 Å². The number of hydrogen-bond donors (Lipinski definition) is 0. The fourth-order valence-corrected chi connectivity index (χ4v) is 4.07. The van der Waals surface area contributed by atoms with Crippen molar-refractivity contribution in [3.05, 3.63) is 92.1 Å². The first-order valence-corrected chi connectivity index (χ1v) is 10.3. The fourth-order valence-electron chi connectivity index (χ4n) is 3.25. The van der Waals surface area contributed by atoms with Crippen LogP contribution >= 0.6 is 11.8 Å². The summed E-state index contributed by atoms with van der Waals surface area (Å²) >= 11 is 0.876. The number of nitro groups is 1. The minimum Gasteiger partial charge on any atom is -0.457 e. The Bertz CT molecular complexity index is 1230. The van der Waals surface area contributed by atoms with Crippen molar-refractivity contribution in [3.8, 4) is 11.3 Å². The molecule has 2 aromatic carbocycles. The summed E-state index contributed by atoms with van der Waals surface area (Å²) in [6.45, 7) is 3.96. The molecule has 4 rings (SSSR count). The number of carbonyl (C=O) groups excluding carboxylic acids is 2. The molecule has 2 amide bonds. The molecule has 31 heavy (non-hydrogen) atoms. The Morgan fingerprint density at radius 1 is 1.06 bits per heavy atom. The number of thioether (sulfide) groups is 1. The number of hydrogen-bond acceptors (Lipinski definition) is 6. The molecular weight excluding hydrogens is 416 g/mol. The van der Waals surface area contributed by atoms with Crippen LogP contribution in [-0.4, -0.2) is 21.0 Å². The van der Waals surface area contributed by atoms with Crippen LogP contribution in [-0.2, 0) is 11.3 Å². The molecule has 1 fully saturated rings. The van der Waals surface area contributed by atoms with Crippen LogP contribution in [0.3, 0.4) is 0 Å². The molecule has 1 aromatic heterocycles. The Kier molecular flexibility index (Phi) is 5.48. The van der Waals surface area contributed by atoms with Gasteiger partial charge in [-0.15, -0.1) is 0 Å². The normalized spacial score (nSPS) is 15.2. The smallest absolute Gasteiger partial charge is 0.293 e. The topological polar surface area (TPSA) is 93.7 Å². The van der Waals surface area contributed by atoms with Crippen LogP contribution < -0.4 is 0 Å². The summed E-state index contributed by atoms with van der Waals surface area (Å²) in [5, 5.41) is 10.6. The maximum Gasteiger partial charge on any atom is 0.293 e. The van der Waals surface area contributed by atoms with Crippen LogP contribution in [0.15, 0.2) is 63.9 Å². The molecule has 1 saturated heterocycles. The van der Waals surface area contributed by atoms with E-state index in [1.807, 2.05) is 31.2 Å². The number of aryl methyl sites for hydroxylation is 2. The Labute approximate surface area is 182 Å². The lowest BCUT2D eigenvalue weighted by Gasteiger charge is -2.12. The van der Waals surface area contributed by atoms with Crippen molar-refractivity contribution >= 4 is 34.7 Å². The summed E-state index contributed by atoms with van der Waals surface area (Å²) in [6, 6.07) is 15.6. The number of nitro benzene ring substituents is 1. The maximum atomic E-state index is 12.7. The summed E-state index contributed by atoms with van der Waals surface area (Å²) in [5.74, 6) is 0.589. The van der Waals surface area contributed by atoms with Gasteiger partial charge in [-0.3, -0.25) is 24.6 Å². The van der Waals surface area contributed by atoms with Crippen LogP contribution in [0.1, 0.15) is 22.5 Å². The van der Waals surface area contributed by atoms with Gasteiger partial charge in [0.1, 0.15) is 11.5 Å². The molecule has 0 unspecified atom stereocenters. The first-order valence-electron chi connectivity index (χ1n) is 9.48. The molecule has 7 nitrogen and oxygen atoms in total. The molecule has 0 radical (unpaired) electrons. The standard InChI is InChI=1S/C23H18N2O5S/c1-14-3-5-16(6-4-14)13-24-22(26)21(31-23(24)27)12-18-8-10-20(30-18)19-9-7-17(25(28)29)11-15(19)2/h3-12H,13H2,1-2H3/b21-12-. The largest absolute Gasteiger partial charge is 0.457 e. The highest BCUT2D eigenvalue weighted by atomic mass is 32.2. The summed E-state index contributed by atoms with van der Waals surface area (Å²) in [7, 11) is 0. The highest BCUT2D eigenvalue weighted by Gasteiger charge is 2.35. The Balaban J connectivity index is 1.54. The molecule has 8 heteroatoms. The monoisotopic (exact) mass is 434 g/mol. The predicted octanol–water partition coefficient (Wildman–Crippen LogP) is 5.71. The third-order valence-corrected chi connectivity index (χ3v) is 5.83. The Hall–Kier alpha value is -3.65. The fraction of sp³-hybridized carbons (Fsp3) is 0.130. The lowest BCUT2D eigenvalue weighted by Crippen LogP contribution is -2.27. The zero-order valence-electron chi connectivity index (χ0n) is 16.8. The van der Waals surface area contributed by atoms with E-state index < -0.39 is 4.92 Å². The third kappa shape index (κ3) is 4.29. The lowest BCUT2D eigenvalue weighted by molar-refractivity contribution is -0.384. The van der Waals surface area contributed by atoms with Crippen molar-refractivity contribution in [1.82, 2.24) is 4.90 Å². The molecule has 0 saturated carbocycles. The van der Waals surface area contributed by atoms with Crippen LogP contribution in [0.5, 0.6) is 0 Å². The highest BCUT2D eigenvalue weighted by molar-refractivity contribution is 8.18. The number of non-ortho nitro benzene ring substituents is 1. The molecular formula is C23H18N2O5S. The maximum absolute atomic E-state index is 12.7. The first kappa shape index (κ1) is 20.6. The molecule has 1 aliphatic rings. The molecule has 1 aliphatic heterocycles. The summed E-state index contributed by atoms with van der Waals surface area (Å²) < 4.78 is 5.82. The quantitative estimate of drug-likeness (QED) is 0.290. The van der Waals surface area contributed by atoms with E-state index >= 15 is 0 Å². The van der Waals surface area contributed by atoms with Gasteiger partial charge in [-0.05, 0) is 54.9 Å². The zero-order chi connectivity index (χ0) is 22.1. The Morgan fingerprint density at radius 3 is 2.48 bits per heavy atom. The second-order valence-corrected chi connectivity index (χ2v) is 8.20. The summed E-state index contributed by atoms with van der Waals surface area (Å²) in [5.41, 5.74) is 3.42. The van der Waals surface area contributed by atoms with Crippen LogP contribution in [0.4, 0.5) is 10.5 Å². The van der Waals surface area contributed by atoms with Crippen LogP contribution in [0, 0.1) is 24.0 Å². The number of imide groups is 1. The first-order chi connectivity index (χ1) is 14.8. The van der Waals surface area contributed by atoms with E-state index in [0.717, 1.165) is 28.5 Å². The SMILES string of the molecule is Cc1ccc(CN2C(=O)S/C(=C\c3ccc(-c4ccc([N+](=O)[O-])cc4C)o3)C2=O)cc1. The number of rotatable bonds is 5. The van der Waals surface area contributed by atoms with Gasteiger partial charge in [-0.25, -0.2) is 0 Å². The van der Waals surface area contributed by atoms with Gasteiger partial charge in [-0.2, -0.15) is 0 Å². The number of carbonyl (C=O) groups is 2. The van der Waals surface area contributed by atoms with Gasteiger partial charge in [0, 0.05) is 23.8 Å². The van der Waals surface area contributed by atoms with Crippen LogP contribution in [0.25, 0.3) is 17.4 Å². The second-order valence-electron chi connectivity index (χ2n) is 7.21. The summed E-state index contributed by atoms with van der Waals surface area (Å²) in [4.78, 5) is 37.1. The van der Waals surface area contributed by atoms with Gasteiger partial charge < -0.3 is 4.42 Å². The molecule has 156 valence electrons. The zero-order valence-corrected chi connectivity index (χ0v) is 17.6. The Morgan fingerprint density at radius 2 is 1.81 bits per heavy atom. The average Bonchev–Trinajstić information content (AvgIpc) is 3.29. The van der Waals surface area contributed by atoms with E-state index in [1.165, 1.54) is 17.0 Å². The minimum atomic E-state index is -0.447. The number of furan rings is 1. The molecule has 0 spiro atoms. The molecule has 0 bridgehead atoms. The molecule has 0 N–H and O–H groups in total. The van der Waals surface area contributed by atoms with Gasteiger partial charge >= 0.3 is 0 Å². The third-order valence-electron chi connectivity index (χ3n) is 4.92. The average molecular weight is 434 g/mol. The minimum absolute atomic E-state index is 0.00952. The van der Waals surface area contributed by atoms with E-state index in [0.29, 0.717) is 22.0 Å². The van der Waals surface area contributed by atoms with Gasteiger partial charge in [0.2, 0.25) is 0 Å². The van der Waals surface area contributed by atoms with Crippen molar-refractivity contribution in [2.75, 3.05) is 0 Å². The second kappa shape index (κ2) is 8.23. The lowest BCUT2D eigenvalue weighted by atomic mass is 10.1. The molecule has 2 heterocycles. The van der Waals surface area contributed by atoms with E-state index in [2.05, 4.69) is 0 Å². The van der Waals surface area contributed by atoms with Gasteiger partial charge in [0.05, 0.1) is 16.4 Å². The van der Waals surface area contributed by atoms with Crippen molar-refractivity contribution < 1.29 is 18.9 Å². The predicted molar refractivity (Wildman–Crippen MR) is 118 cm³/mol. The molecule has 0 aliphatic carbocycles. The van der Waals surface area contributed by atoms with E-state index in [4.69, 9.17) is 4.42 Å². The number of benzene rings is 2. The van der Waals surface area contributed by atoms with Crippen molar-refractivity contribution in [2.45, 2.75) is 20.4 Å². The van der Waals surface area contributed by atoms with Gasteiger partial charge in [0.15, 0.2) is 0 Å². The van der Waals surface area contributed by atoms with Gasteiger partial charge in [-0.1, -0.05) is 29.8 Å². The van der Waals surface area contributed by atoms with Crippen molar-refractivity contribution in [3.63, 3.8) is 0 Å². The van der Waals surface area contributed by atoms with E-state index in [9.17, 15) is 19.7 Å². The van der Waals surface area contributed by atoms with Crippen LogP contribution in [0.2, 0.25) is 0 Å². The van der Waals surface area contributed by atoms with Crippen molar-refractivity contribution in [1.29, 1.82) is 0 Å². The van der Waals surface area contributed by atoms with E-state index in [-0.39, 0.29) is 23.4 Å². The highest BCUT2D eigenvalue weighted by Crippen LogP contribution is 2.35. The molecule has 3 aromatic rings.